The average Bonchev–Trinajstić information content (AvgIpc) is 2.38. The van der Waals surface area contributed by atoms with E-state index in [4.69, 9.17) is 0 Å². The topological polar surface area (TPSA) is 49.7 Å². The first-order valence-corrected chi connectivity index (χ1v) is 7.41. The molecule has 0 amide bonds. The summed E-state index contributed by atoms with van der Waals surface area (Å²) in [6, 6.07) is 6.38. The molecule has 0 fully saturated rings. The van der Waals surface area contributed by atoms with Crippen molar-refractivity contribution in [2.24, 2.45) is 0 Å². The van der Waals surface area contributed by atoms with Gasteiger partial charge < -0.3 is 14.0 Å². The van der Waals surface area contributed by atoms with Gasteiger partial charge in [0.1, 0.15) is 17.5 Å². The van der Waals surface area contributed by atoms with Crippen LogP contribution in [0, 0.1) is 17.5 Å². The second kappa shape index (κ2) is 5.37. The standard InChI is InChI=1S/C13H11F3O3Si/c1-19-20(17,18)10-4-2-8(3-5-10)13-11(15)6-9(14)7-12(13)16/h2-7,17-18H,1H3. The van der Waals surface area contributed by atoms with Gasteiger partial charge in [-0.15, -0.1) is 0 Å². The molecule has 0 aromatic heterocycles. The van der Waals surface area contributed by atoms with Crippen LogP contribution in [0.1, 0.15) is 0 Å². The number of hydrogen-bond donors (Lipinski definition) is 2. The minimum atomic E-state index is -3.96. The third kappa shape index (κ3) is 2.75. The maximum Gasteiger partial charge on any atom is 0.531 e. The van der Waals surface area contributed by atoms with Crippen molar-refractivity contribution in [1.29, 1.82) is 0 Å². The number of halogens is 3. The quantitative estimate of drug-likeness (QED) is 0.846. The number of benzene rings is 2. The van der Waals surface area contributed by atoms with Gasteiger partial charge in [-0.05, 0) is 5.56 Å². The zero-order valence-electron chi connectivity index (χ0n) is 10.4. The van der Waals surface area contributed by atoms with E-state index in [9.17, 15) is 22.8 Å². The first-order valence-electron chi connectivity index (χ1n) is 5.60. The van der Waals surface area contributed by atoms with Crippen molar-refractivity contribution in [3.05, 3.63) is 53.8 Å². The van der Waals surface area contributed by atoms with E-state index in [0.717, 1.165) is 7.11 Å². The van der Waals surface area contributed by atoms with Crippen molar-refractivity contribution < 1.29 is 27.2 Å². The molecule has 7 heteroatoms. The monoisotopic (exact) mass is 300 g/mol. The minimum absolute atomic E-state index is 0.131. The molecule has 0 saturated carbocycles. The minimum Gasteiger partial charge on any atom is -0.386 e. The molecule has 2 aromatic carbocycles. The van der Waals surface area contributed by atoms with Crippen LogP contribution in [0.4, 0.5) is 13.2 Å². The number of rotatable bonds is 3. The summed E-state index contributed by atoms with van der Waals surface area (Å²) in [5.41, 5.74) is -0.219. The number of hydrogen-bond acceptors (Lipinski definition) is 3. The van der Waals surface area contributed by atoms with E-state index in [1.807, 2.05) is 0 Å². The lowest BCUT2D eigenvalue weighted by molar-refractivity contribution is 0.204. The van der Waals surface area contributed by atoms with Gasteiger partial charge in [-0.1, -0.05) is 24.3 Å². The molecule has 0 unspecified atom stereocenters. The van der Waals surface area contributed by atoms with Crippen molar-refractivity contribution in [3.63, 3.8) is 0 Å². The summed E-state index contributed by atoms with van der Waals surface area (Å²) in [7, 11) is -2.81. The third-order valence-electron chi connectivity index (χ3n) is 2.84. The summed E-state index contributed by atoms with van der Waals surface area (Å²) >= 11 is 0. The molecule has 2 N–H and O–H groups in total. The Morgan fingerprint density at radius 3 is 1.90 bits per heavy atom. The molecule has 2 rings (SSSR count). The summed E-state index contributed by atoms with van der Waals surface area (Å²) in [5.74, 6) is -3.06. The summed E-state index contributed by atoms with van der Waals surface area (Å²) in [6.07, 6.45) is 0. The van der Waals surface area contributed by atoms with Gasteiger partial charge in [0, 0.05) is 24.4 Å². The highest BCUT2D eigenvalue weighted by molar-refractivity contribution is 6.72. The largest absolute Gasteiger partial charge is 0.531 e. The highest BCUT2D eigenvalue weighted by Gasteiger charge is 2.33. The molecule has 0 aliphatic carbocycles. The Morgan fingerprint density at radius 1 is 0.950 bits per heavy atom. The normalized spacial score (nSPS) is 11.7. The lowest BCUT2D eigenvalue weighted by atomic mass is 10.0. The van der Waals surface area contributed by atoms with E-state index in [2.05, 4.69) is 4.43 Å². The van der Waals surface area contributed by atoms with Gasteiger partial charge in [0.05, 0.1) is 5.56 Å². The zero-order valence-corrected chi connectivity index (χ0v) is 11.4. The molecule has 106 valence electrons. The fourth-order valence-corrected chi connectivity index (χ4v) is 2.63. The highest BCUT2D eigenvalue weighted by Crippen LogP contribution is 2.26. The van der Waals surface area contributed by atoms with Gasteiger partial charge in [-0.25, -0.2) is 13.2 Å². The van der Waals surface area contributed by atoms with Crippen LogP contribution in [-0.4, -0.2) is 25.5 Å². The Kier molecular flexibility index (Phi) is 3.96. The summed E-state index contributed by atoms with van der Waals surface area (Å²) in [6.45, 7) is 0. The predicted molar refractivity (Wildman–Crippen MR) is 68.6 cm³/mol. The van der Waals surface area contributed by atoms with E-state index < -0.39 is 26.3 Å². The van der Waals surface area contributed by atoms with Gasteiger partial charge in [-0.3, -0.25) is 0 Å². The van der Waals surface area contributed by atoms with E-state index in [-0.39, 0.29) is 16.3 Å². The summed E-state index contributed by atoms with van der Waals surface area (Å²) < 4.78 is 44.6. The maximum absolute atomic E-state index is 13.6. The molecule has 0 aliphatic rings. The van der Waals surface area contributed by atoms with Crippen LogP contribution < -0.4 is 5.19 Å². The first-order chi connectivity index (χ1) is 9.35. The van der Waals surface area contributed by atoms with Crippen LogP contribution >= 0.6 is 0 Å². The SMILES string of the molecule is CO[Si](O)(O)c1ccc(-c2c(F)cc(F)cc2F)cc1. The van der Waals surface area contributed by atoms with Gasteiger partial charge in [0.2, 0.25) is 0 Å². The van der Waals surface area contributed by atoms with Crippen LogP contribution in [0.3, 0.4) is 0 Å². The molecular weight excluding hydrogens is 289 g/mol. The maximum atomic E-state index is 13.6. The fourth-order valence-electron chi connectivity index (χ4n) is 1.79. The van der Waals surface area contributed by atoms with Crippen molar-refractivity contribution in [2.75, 3.05) is 7.11 Å². The molecule has 0 saturated heterocycles. The smallest absolute Gasteiger partial charge is 0.386 e. The molecule has 3 nitrogen and oxygen atoms in total. The third-order valence-corrected chi connectivity index (χ3v) is 4.50. The summed E-state index contributed by atoms with van der Waals surface area (Å²) in [4.78, 5) is 19.2. The predicted octanol–water partition coefficient (Wildman–Crippen LogP) is 1.55. The molecule has 20 heavy (non-hydrogen) atoms. The Labute approximate surface area is 114 Å². The highest BCUT2D eigenvalue weighted by atomic mass is 28.4. The Morgan fingerprint density at radius 2 is 1.45 bits per heavy atom. The second-order valence-electron chi connectivity index (χ2n) is 4.13. The molecular formula is C13H11F3O3Si. The second-order valence-corrected chi connectivity index (χ2v) is 6.34. The Balaban J connectivity index is 2.46. The summed E-state index contributed by atoms with van der Waals surface area (Å²) in [5, 5.41) is 0.131. The average molecular weight is 300 g/mol. The molecule has 2 aromatic rings. The van der Waals surface area contributed by atoms with Crippen molar-refractivity contribution in [2.45, 2.75) is 0 Å². The van der Waals surface area contributed by atoms with E-state index in [1.165, 1.54) is 24.3 Å². The van der Waals surface area contributed by atoms with Gasteiger partial charge in [0.25, 0.3) is 0 Å². The lowest BCUT2D eigenvalue weighted by Gasteiger charge is -2.15. The lowest BCUT2D eigenvalue weighted by Crippen LogP contribution is -2.50. The molecule has 0 radical (unpaired) electrons. The van der Waals surface area contributed by atoms with Gasteiger partial charge in [0.15, 0.2) is 0 Å². The molecule has 0 heterocycles. The van der Waals surface area contributed by atoms with Crippen molar-refractivity contribution in [3.8, 4) is 11.1 Å². The van der Waals surface area contributed by atoms with E-state index in [1.54, 1.807) is 0 Å². The van der Waals surface area contributed by atoms with E-state index in [0.29, 0.717) is 12.1 Å². The van der Waals surface area contributed by atoms with Crippen LogP contribution in [0.5, 0.6) is 0 Å². The van der Waals surface area contributed by atoms with Gasteiger partial charge in [-0.2, -0.15) is 0 Å². The van der Waals surface area contributed by atoms with Gasteiger partial charge >= 0.3 is 8.80 Å². The van der Waals surface area contributed by atoms with Crippen LogP contribution in [0.15, 0.2) is 36.4 Å². The molecule has 0 aliphatic heterocycles. The molecule has 0 spiro atoms. The zero-order chi connectivity index (χ0) is 14.9. The first kappa shape index (κ1) is 14.7. The van der Waals surface area contributed by atoms with Crippen LogP contribution in [0.25, 0.3) is 11.1 Å². The van der Waals surface area contributed by atoms with Crippen molar-refractivity contribution >= 4 is 14.0 Å². The van der Waals surface area contributed by atoms with Crippen LogP contribution in [-0.2, 0) is 4.43 Å². The Bertz CT molecular complexity index is 606. The molecule has 0 bridgehead atoms. The van der Waals surface area contributed by atoms with Crippen LogP contribution in [0.2, 0.25) is 0 Å². The fraction of sp³-hybridized carbons (Fsp3) is 0.0769. The molecule has 0 atom stereocenters. The van der Waals surface area contributed by atoms with E-state index >= 15 is 0 Å². The van der Waals surface area contributed by atoms with Crippen molar-refractivity contribution in [1.82, 2.24) is 0 Å². The Hall–Kier alpha value is -1.67.